The summed E-state index contributed by atoms with van der Waals surface area (Å²) >= 11 is 0. The molecule has 5 heteroatoms. The van der Waals surface area contributed by atoms with E-state index < -0.39 is 0 Å². The molecule has 1 aliphatic rings. The minimum absolute atomic E-state index is 0.511. The largest absolute Gasteiger partial charge is 0.295 e. The van der Waals surface area contributed by atoms with Gasteiger partial charge >= 0.3 is 0 Å². The molecule has 0 radical (unpaired) electrons. The molecule has 1 fully saturated rings. The number of likely N-dealkylation sites (tertiary alicyclic amines) is 1. The summed E-state index contributed by atoms with van der Waals surface area (Å²) in [6.45, 7) is 8.16. The monoisotopic (exact) mass is 321 g/mol. The van der Waals surface area contributed by atoms with Crippen LogP contribution in [0.2, 0.25) is 0 Å². The van der Waals surface area contributed by atoms with Crippen molar-refractivity contribution in [3.05, 3.63) is 71.3 Å². The molecule has 1 aliphatic heterocycles. The van der Waals surface area contributed by atoms with Gasteiger partial charge in [0.15, 0.2) is 0 Å². The molecular formula is C19H23N5. The van der Waals surface area contributed by atoms with Crippen LogP contribution in [0.15, 0.2) is 48.8 Å². The first-order valence-corrected chi connectivity index (χ1v) is 8.48. The molecule has 4 rings (SSSR count). The highest BCUT2D eigenvalue weighted by Gasteiger charge is 2.29. The van der Waals surface area contributed by atoms with Gasteiger partial charge in [-0.25, -0.2) is 0 Å². The zero-order valence-corrected chi connectivity index (χ0v) is 14.3. The maximum Gasteiger partial charge on any atom is 0.0776 e. The van der Waals surface area contributed by atoms with Crippen LogP contribution in [-0.2, 0) is 13.1 Å². The van der Waals surface area contributed by atoms with E-state index in [1.165, 1.54) is 16.8 Å². The molecule has 1 saturated heterocycles. The lowest BCUT2D eigenvalue weighted by Gasteiger charge is -2.40. The van der Waals surface area contributed by atoms with Crippen molar-refractivity contribution in [2.75, 3.05) is 13.1 Å². The van der Waals surface area contributed by atoms with Gasteiger partial charge in [0.2, 0.25) is 0 Å². The van der Waals surface area contributed by atoms with E-state index in [9.17, 15) is 0 Å². The van der Waals surface area contributed by atoms with Gasteiger partial charge in [-0.2, -0.15) is 10.2 Å². The number of hydrogen-bond acceptors (Lipinski definition) is 3. The average molecular weight is 321 g/mol. The van der Waals surface area contributed by atoms with E-state index in [1.807, 2.05) is 23.1 Å². The SMILES string of the molecule is Cc1cc(C)n(C2CN(Cc3ccccc3Cn3cccn3)C2)n1. The van der Waals surface area contributed by atoms with Crippen LogP contribution in [0.25, 0.3) is 0 Å². The number of benzene rings is 1. The molecule has 2 aromatic heterocycles. The predicted octanol–water partition coefficient (Wildman–Crippen LogP) is 2.80. The van der Waals surface area contributed by atoms with Gasteiger partial charge in [-0.05, 0) is 37.1 Å². The zero-order valence-electron chi connectivity index (χ0n) is 14.3. The predicted molar refractivity (Wildman–Crippen MR) is 93.8 cm³/mol. The number of nitrogens with zero attached hydrogens (tertiary/aromatic N) is 5. The third kappa shape index (κ3) is 2.99. The molecule has 0 atom stereocenters. The Morgan fingerprint density at radius 3 is 2.42 bits per heavy atom. The van der Waals surface area contributed by atoms with Crippen molar-refractivity contribution in [3.63, 3.8) is 0 Å². The quantitative estimate of drug-likeness (QED) is 0.725. The second-order valence-electron chi connectivity index (χ2n) is 6.69. The van der Waals surface area contributed by atoms with Crippen LogP contribution >= 0.6 is 0 Å². The Morgan fingerprint density at radius 2 is 1.79 bits per heavy atom. The molecule has 0 saturated carbocycles. The first-order chi connectivity index (χ1) is 11.7. The molecular weight excluding hydrogens is 298 g/mol. The Bertz CT molecular complexity index is 812. The van der Waals surface area contributed by atoms with Crippen molar-refractivity contribution in [1.82, 2.24) is 24.5 Å². The fourth-order valence-electron chi connectivity index (χ4n) is 3.52. The minimum Gasteiger partial charge on any atom is -0.295 e. The van der Waals surface area contributed by atoms with Crippen LogP contribution in [0.5, 0.6) is 0 Å². The van der Waals surface area contributed by atoms with Gasteiger partial charge in [-0.15, -0.1) is 0 Å². The van der Waals surface area contributed by atoms with Gasteiger partial charge in [-0.1, -0.05) is 24.3 Å². The fourth-order valence-corrected chi connectivity index (χ4v) is 3.52. The second kappa shape index (κ2) is 6.24. The lowest BCUT2D eigenvalue weighted by Crippen LogP contribution is -2.47. The standard InChI is InChI=1S/C19H23N5/c1-15-10-16(2)24(21-15)19-13-22(14-19)11-17-6-3-4-7-18(17)12-23-9-5-8-20-23/h3-10,19H,11-14H2,1-2H3. The van der Waals surface area contributed by atoms with Crippen LogP contribution in [-0.4, -0.2) is 37.6 Å². The molecule has 1 aromatic carbocycles. The Kier molecular flexibility index (Phi) is 3.94. The van der Waals surface area contributed by atoms with Crippen molar-refractivity contribution >= 4 is 0 Å². The topological polar surface area (TPSA) is 38.9 Å². The van der Waals surface area contributed by atoms with Gasteiger partial charge in [0.25, 0.3) is 0 Å². The van der Waals surface area contributed by atoms with Gasteiger partial charge in [0.05, 0.1) is 18.3 Å². The summed E-state index contributed by atoms with van der Waals surface area (Å²) in [5, 5.41) is 8.94. The van der Waals surface area contributed by atoms with Gasteiger partial charge in [0.1, 0.15) is 0 Å². The van der Waals surface area contributed by atoms with Gasteiger partial charge in [0, 0.05) is 37.7 Å². The average Bonchev–Trinajstić information content (AvgIpc) is 3.14. The number of aryl methyl sites for hydroxylation is 2. The van der Waals surface area contributed by atoms with Gasteiger partial charge < -0.3 is 0 Å². The van der Waals surface area contributed by atoms with E-state index in [0.717, 1.165) is 31.9 Å². The molecule has 24 heavy (non-hydrogen) atoms. The molecule has 5 nitrogen and oxygen atoms in total. The summed E-state index contributed by atoms with van der Waals surface area (Å²) in [5.41, 5.74) is 5.10. The molecule has 0 bridgehead atoms. The lowest BCUT2D eigenvalue weighted by atomic mass is 10.0. The van der Waals surface area contributed by atoms with E-state index in [1.54, 1.807) is 0 Å². The summed E-state index contributed by atoms with van der Waals surface area (Å²) < 4.78 is 4.16. The van der Waals surface area contributed by atoms with E-state index in [0.29, 0.717) is 6.04 Å². The Hall–Kier alpha value is -2.40. The third-order valence-corrected chi connectivity index (χ3v) is 4.73. The molecule has 0 amide bonds. The van der Waals surface area contributed by atoms with Crippen LogP contribution in [0.3, 0.4) is 0 Å². The summed E-state index contributed by atoms with van der Waals surface area (Å²) in [7, 11) is 0. The Balaban J connectivity index is 1.41. The van der Waals surface area contributed by atoms with Crippen molar-refractivity contribution < 1.29 is 0 Å². The zero-order chi connectivity index (χ0) is 16.5. The highest BCUT2D eigenvalue weighted by atomic mass is 15.4. The molecule has 0 unspecified atom stereocenters. The van der Waals surface area contributed by atoms with Crippen LogP contribution in [0.4, 0.5) is 0 Å². The smallest absolute Gasteiger partial charge is 0.0776 e. The maximum absolute atomic E-state index is 4.62. The Morgan fingerprint density at radius 1 is 1.04 bits per heavy atom. The highest BCUT2D eigenvalue weighted by Crippen LogP contribution is 2.25. The van der Waals surface area contributed by atoms with Crippen LogP contribution < -0.4 is 0 Å². The van der Waals surface area contributed by atoms with E-state index in [4.69, 9.17) is 0 Å². The molecule has 0 aliphatic carbocycles. The summed E-state index contributed by atoms with van der Waals surface area (Å²) in [6.07, 6.45) is 3.84. The maximum atomic E-state index is 4.62. The number of aromatic nitrogens is 4. The van der Waals surface area contributed by atoms with Crippen molar-refractivity contribution in [3.8, 4) is 0 Å². The highest BCUT2D eigenvalue weighted by molar-refractivity contribution is 5.27. The number of hydrogen-bond donors (Lipinski definition) is 0. The van der Waals surface area contributed by atoms with Gasteiger partial charge in [-0.3, -0.25) is 14.3 Å². The van der Waals surface area contributed by atoms with E-state index in [2.05, 4.69) is 64.0 Å². The Labute approximate surface area is 142 Å². The van der Waals surface area contributed by atoms with Crippen molar-refractivity contribution in [2.45, 2.75) is 33.0 Å². The molecule has 124 valence electrons. The normalized spacial score (nSPS) is 15.6. The second-order valence-corrected chi connectivity index (χ2v) is 6.69. The first kappa shape index (κ1) is 15.1. The summed E-state index contributed by atoms with van der Waals surface area (Å²) in [4.78, 5) is 2.49. The van der Waals surface area contributed by atoms with E-state index in [-0.39, 0.29) is 0 Å². The number of rotatable bonds is 5. The summed E-state index contributed by atoms with van der Waals surface area (Å²) in [6, 6.07) is 13.3. The molecule has 0 spiro atoms. The summed E-state index contributed by atoms with van der Waals surface area (Å²) in [5.74, 6) is 0. The molecule has 0 N–H and O–H groups in total. The van der Waals surface area contributed by atoms with Crippen LogP contribution in [0.1, 0.15) is 28.6 Å². The fraction of sp³-hybridized carbons (Fsp3) is 0.368. The lowest BCUT2D eigenvalue weighted by molar-refractivity contribution is 0.0890. The van der Waals surface area contributed by atoms with E-state index >= 15 is 0 Å². The van der Waals surface area contributed by atoms with Crippen molar-refractivity contribution in [1.29, 1.82) is 0 Å². The molecule has 3 heterocycles. The third-order valence-electron chi connectivity index (χ3n) is 4.73. The first-order valence-electron chi connectivity index (χ1n) is 8.48. The molecule has 3 aromatic rings. The van der Waals surface area contributed by atoms with Crippen molar-refractivity contribution in [2.24, 2.45) is 0 Å². The minimum atomic E-state index is 0.511. The van der Waals surface area contributed by atoms with Crippen LogP contribution in [0, 0.1) is 13.8 Å².